The Labute approximate surface area is 124 Å². The summed E-state index contributed by atoms with van der Waals surface area (Å²) in [5.74, 6) is 0.652. The van der Waals surface area contributed by atoms with E-state index in [1.807, 2.05) is 7.05 Å². The lowest BCUT2D eigenvalue weighted by Gasteiger charge is -2.33. The number of hydrogen-bond donors (Lipinski definition) is 2. The Morgan fingerprint density at radius 3 is 2.57 bits per heavy atom. The maximum atomic E-state index is 12.4. The molecule has 2 rings (SSSR count). The number of nitrogens with zero attached hydrogens (tertiary/aromatic N) is 3. The molecule has 1 fully saturated rings. The zero-order valence-electron chi connectivity index (χ0n) is 12.5. The highest BCUT2D eigenvalue weighted by Crippen LogP contribution is 2.27. The Hall–Kier alpha value is -2.11. The van der Waals surface area contributed by atoms with Gasteiger partial charge in [-0.25, -0.2) is 0 Å². The van der Waals surface area contributed by atoms with Gasteiger partial charge in [0, 0.05) is 24.8 Å². The first-order valence-electron chi connectivity index (χ1n) is 7.24. The fourth-order valence-corrected chi connectivity index (χ4v) is 2.71. The molecule has 0 aliphatic heterocycles. The third-order valence-corrected chi connectivity index (χ3v) is 4.24. The van der Waals surface area contributed by atoms with E-state index in [-0.39, 0.29) is 11.7 Å². The highest BCUT2D eigenvalue weighted by atomic mass is 16.4. The molecule has 1 amide bonds. The van der Waals surface area contributed by atoms with Crippen LogP contribution in [-0.4, -0.2) is 39.9 Å². The Morgan fingerprint density at radius 1 is 1.38 bits per heavy atom. The topological polar surface area (TPSA) is 91.8 Å². The second kappa shape index (κ2) is 6.56. The average Bonchev–Trinajstić information content (AvgIpc) is 2.53. The van der Waals surface area contributed by atoms with Crippen LogP contribution in [0.15, 0.2) is 23.5 Å². The van der Waals surface area contributed by atoms with Crippen LogP contribution in [0.2, 0.25) is 0 Å². The monoisotopic (exact) mass is 290 g/mol. The third kappa shape index (κ3) is 3.51. The predicted molar refractivity (Wildman–Crippen MR) is 80.3 cm³/mol. The van der Waals surface area contributed by atoms with Gasteiger partial charge in [0.25, 0.3) is 5.91 Å². The molecule has 0 saturated heterocycles. The fourth-order valence-electron chi connectivity index (χ4n) is 2.71. The van der Waals surface area contributed by atoms with Crippen molar-refractivity contribution in [3.63, 3.8) is 0 Å². The van der Waals surface area contributed by atoms with Gasteiger partial charge in [0.05, 0.1) is 0 Å². The number of oxime groups is 1. The number of amides is 1. The number of hydrogen-bond acceptors (Lipinski definition) is 4. The SMILES string of the molecule is CC1CCC(N(C)C(=O)c2ccc(C(N)=NO)cn2)CC1. The largest absolute Gasteiger partial charge is 0.409 e. The van der Waals surface area contributed by atoms with E-state index in [0.717, 1.165) is 31.6 Å². The van der Waals surface area contributed by atoms with Crippen LogP contribution in [-0.2, 0) is 0 Å². The summed E-state index contributed by atoms with van der Waals surface area (Å²) in [5.41, 5.74) is 6.34. The number of carbonyl (C=O) groups excluding carboxylic acids is 1. The minimum absolute atomic E-state index is 0.0175. The van der Waals surface area contributed by atoms with E-state index in [2.05, 4.69) is 17.1 Å². The second-order valence-electron chi connectivity index (χ2n) is 5.75. The molecule has 0 spiro atoms. The van der Waals surface area contributed by atoms with Gasteiger partial charge in [0.15, 0.2) is 5.84 Å². The van der Waals surface area contributed by atoms with Gasteiger partial charge in [-0.2, -0.15) is 0 Å². The van der Waals surface area contributed by atoms with Gasteiger partial charge in [-0.15, -0.1) is 0 Å². The molecule has 0 aromatic carbocycles. The van der Waals surface area contributed by atoms with Crippen molar-refractivity contribution in [2.45, 2.75) is 38.6 Å². The van der Waals surface area contributed by atoms with Crippen LogP contribution in [0.25, 0.3) is 0 Å². The number of pyridine rings is 1. The van der Waals surface area contributed by atoms with Gasteiger partial charge in [-0.1, -0.05) is 12.1 Å². The summed E-state index contributed by atoms with van der Waals surface area (Å²) in [4.78, 5) is 18.3. The molecule has 1 saturated carbocycles. The van der Waals surface area contributed by atoms with E-state index in [9.17, 15) is 4.79 Å². The molecule has 21 heavy (non-hydrogen) atoms. The fraction of sp³-hybridized carbons (Fsp3) is 0.533. The lowest BCUT2D eigenvalue weighted by Crippen LogP contribution is -2.39. The predicted octanol–water partition coefficient (Wildman–Crippen LogP) is 1.83. The molecule has 1 aromatic rings. The molecule has 6 nitrogen and oxygen atoms in total. The molecule has 0 unspecified atom stereocenters. The number of amidine groups is 1. The summed E-state index contributed by atoms with van der Waals surface area (Å²) in [6.45, 7) is 2.26. The van der Waals surface area contributed by atoms with Crippen molar-refractivity contribution >= 4 is 11.7 Å². The molecule has 1 aliphatic rings. The summed E-state index contributed by atoms with van der Waals surface area (Å²) in [6, 6.07) is 3.53. The summed E-state index contributed by atoms with van der Waals surface area (Å²) in [6.07, 6.45) is 5.87. The summed E-state index contributed by atoms with van der Waals surface area (Å²) in [7, 11) is 1.84. The molecule has 0 bridgehead atoms. The molecule has 6 heteroatoms. The normalized spacial score (nSPS) is 22.9. The zero-order valence-corrected chi connectivity index (χ0v) is 12.5. The standard InChI is InChI=1S/C15H22N4O2/c1-10-3-6-12(7-4-10)19(2)15(20)13-8-5-11(9-17-13)14(16)18-21/h5,8-10,12,21H,3-4,6-7H2,1-2H3,(H2,16,18). The van der Waals surface area contributed by atoms with Crippen molar-refractivity contribution in [3.8, 4) is 0 Å². The number of rotatable bonds is 3. The summed E-state index contributed by atoms with van der Waals surface area (Å²) >= 11 is 0. The smallest absolute Gasteiger partial charge is 0.272 e. The Morgan fingerprint density at radius 2 is 2.05 bits per heavy atom. The van der Waals surface area contributed by atoms with Crippen molar-refractivity contribution in [1.29, 1.82) is 0 Å². The Kier molecular flexibility index (Phi) is 4.77. The Balaban J connectivity index is 2.05. The van der Waals surface area contributed by atoms with Gasteiger partial charge in [-0.3, -0.25) is 9.78 Å². The van der Waals surface area contributed by atoms with Crippen LogP contribution in [0.3, 0.4) is 0 Å². The van der Waals surface area contributed by atoms with Crippen LogP contribution in [0.5, 0.6) is 0 Å². The maximum Gasteiger partial charge on any atom is 0.272 e. The van der Waals surface area contributed by atoms with Crippen molar-refractivity contribution in [2.24, 2.45) is 16.8 Å². The van der Waals surface area contributed by atoms with Crippen LogP contribution in [0.1, 0.15) is 48.7 Å². The van der Waals surface area contributed by atoms with Gasteiger partial charge in [0.2, 0.25) is 0 Å². The molecule has 114 valence electrons. The van der Waals surface area contributed by atoms with Gasteiger partial charge >= 0.3 is 0 Å². The molecular formula is C15H22N4O2. The van der Waals surface area contributed by atoms with Crippen LogP contribution >= 0.6 is 0 Å². The lowest BCUT2D eigenvalue weighted by molar-refractivity contribution is 0.0673. The van der Waals surface area contributed by atoms with Crippen molar-refractivity contribution < 1.29 is 10.0 Å². The third-order valence-electron chi connectivity index (χ3n) is 4.24. The minimum Gasteiger partial charge on any atom is -0.409 e. The van der Waals surface area contributed by atoms with E-state index in [4.69, 9.17) is 10.9 Å². The first-order valence-corrected chi connectivity index (χ1v) is 7.24. The summed E-state index contributed by atoms with van der Waals surface area (Å²) in [5, 5.41) is 11.5. The number of aromatic nitrogens is 1. The molecule has 1 aliphatic carbocycles. The molecule has 0 radical (unpaired) electrons. The first kappa shape index (κ1) is 15.3. The van der Waals surface area contributed by atoms with Gasteiger partial charge < -0.3 is 15.8 Å². The van der Waals surface area contributed by atoms with E-state index >= 15 is 0 Å². The maximum absolute atomic E-state index is 12.4. The molecule has 3 N–H and O–H groups in total. The van der Waals surface area contributed by atoms with Crippen LogP contribution < -0.4 is 5.73 Å². The molecule has 1 heterocycles. The van der Waals surface area contributed by atoms with Gasteiger partial charge in [-0.05, 0) is 43.7 Å². The minimum atomic E-state index is -0.0828. The highest BCUT2D eigenvalue weighted by Gasteiger charge is 2.25. The van der Waals surface area contributed by atoms with E-state index in [1.54, 1.807) is 17.0 Å². The van der Waals surface area contributed by atoms with Crippen molar-refractivity contribution in [2.75, 3.05) is 7.05 Å². The molecule has 0 atom stereocenters. The second-order valence-corrected chi connectivity index (χ2v) is 5.75. The molecular weight excluding hydrogens is 268 g/mol. The molecule has 1 aromatic heterocycles. The van der Waals surface area contributed by atoms with E-state index in [0.29, 0.717) is 17.3 Å². The van der Waals surface area contributed by atoms with Crippen molar-refractivity contribution in [1.82, 2.24) is 9.88 Å². The average molecular weight is 290 g/mol. The van der Waals surface area contributed by atoms with Crippen LogP contribution in [0.4, 0.5) is 0 Å². The first-order chi connectivity index (χ1) is 10.0. The number of nitrogens with two attached hydrogens (primary N) is 1. The van der Waals surface area contributed by atoms with E-state index < -0.39 is 0 Å². The van der Waals surface area contributed by atoms with Gasteiger partial charge in [0.1, 0.15) is 5.69 Å². The van der Waals surface area contributed by atoms with Crippen LogP contribution in [0, 0.1) is 5.92 Å². The highest BCUT2D eigenvalue weighted by molar-refractivity contribution is 5.98. The number of carbonyl (C=O) groups is 1. The lowest BCUT2D eigenvalue weighted by atomic mass is 9.86. The Bertz CT molecular complexity index is 519. The van der Waals surface area contributed by atoms with Crippen molar-refractivity contribution in [3.05, 3.63) is 29.6 Å². The quantitative estimate of drug-likeness (QED) is 0.384. The zero-order chi connectivity index (χ0) is 15.4. The summed E-state index contributed by atoms with van der Waals surface area (Å²) < 4.78 is 0. The van der Waals surface area contributed by atoms with E-state index in [1.165, 1.54) is 6.20 Å².